The summed E-state index contributed by atoms with van der Waals surface area (Å²) >= 11 is 17.2. The first-order chi connectivity index (χ1) is 4.50. The predicted octanol–water partition coefficient (Wildman–Crippen LogP) is 2.74. The molecule has 1 N–H and O–H groups in total. The summed E-state index contributed by atoms with van der Waals surface area (Å²) in [5, 5.41) is 2.62. The number of hydrogen-bond acceptors (Lipinski definition) is 1. The first-order valence-electron chi connectivity index (χ1n) is 3.27. The van der Waals surface area contributed by atoms with Gasteiger partial charge in [-0.2, -0.15) is 0 Å². The molecule has 0 bridgehead atoms. The Morgan fingerprint density at radius 3 is 2.18 bits per heavy atom. The van der Waals surface area contributed by atoms with Gasteiger partial charge in [-0.1, -0.05) is 30.1 Å². The van der Waals surface area contributed by atoms with Gasteiger partial charge in [0.05, 0.1) is 5.38 Å². The van der Waals surface area contributed by atoms with Crippen LogP contribution in [0.2, 0.25) is 0 Å². The van der Waals surface area contributed by atoms with Crippen molar-refractivity contribution in [2.45, 2.75) is 30.1 Å². The Kier molecular flexibility index (Phi) is 9.21. The second-order valence-electron chi connectivity index (χ2n) is 2.17. The summed E-state index contributed by atoms with van der Waals surface area (Å²) in [4.78, 5) is 0. The summed E-state index contributed by atoms with van der Waals surface area (Å²) < 4.78 is -0.989. The second-order valence-corrected chi connectivity index (χ2v) is 4.21. The Balaban J connectivity index is 0. The van der Waals surface area contributed by atoms with Gasteiger partial charge >= 0.3 is 0 Å². The van der Waals surface area contributed by atoms with Crippen molar-refractivity contribution >= 4 is 34.8 Å². The molecule has 1 unspecified atom stereocenters. The number of alkyl halides is 3. The summed E-state index contributed by atoms with van der Waals surface area (Å²) in [5.74, 6) is 0. The predicted molar refractivity (Wildman–Crippen MR) is 48.0 cm³/mol. The van der Waals surface area contributed by atoms with Crippen molar-refractivity contribution < 1.29 is 17.1 Å². The van der Waals surface area contributed by atoms with Crippen LogP contribution in [0.15, 0.2) is 0 Å². The molecule has 0 aliphatic heterocycles. The fraction of sp³-hybridized carbons (Fsp3) is 1.00. The van der Waals surface area contributed by atoms with Crippen LogP contribution in [0.3, 0.4) is 0 Å². The molecule has 70 valence electrons. The zero-order valence-corrected chi connectivity index (χ0v) is 9.85. The van der Waals surface area contributed by atoms with Crippen LogP contribution in [-0.4, -0.2) is 16.4 Å². The normalized spacial score (nSPS) is 13.9. The van der Waals surface area contributed by atoms with Crippen molar-refractivity contribution in [1.82, 2.24) is 5.32 Å². The number of rotatable bonds is 4. The number of halogens is 3. The van der Waals surface area contributed by atoms with E-state index in [9.17, 15) is 0 Å². The van der Waals surface area contributed by atoms with Crippen LogP contribution < -0.4 is 5.32 Å². The van der Waals surface area contributed by atoms with E-state index in [0.29, 0.717) is 0 Å². The molecular formula is C6H12Cl3FeN. The first kappa shape index (κ1) is 14.9. The number of nitrogens with one attached hydrogen (secondary N) is 1. The van der Waals surface area contributed by atoms with Crippen molar-refractivity contribution in [3.63, 3.8) is 0 Å². The summed E-state index contributed by atoms with van der Waals surface area (Å²) in [6.45, 7) is 4.57. The maximum atomic E-state index is 5.77. The van der Waals surface area contributed by atoms with E-state index in [4.69, 9.17) is 34.8 Å². The van der Waals surface area contributed by atoms with Gasteiger partial charge in [0.2, 0.25) is 0 Å². The summed E-state index contributed by atoms with van der Waals surface area (Å²) in [7, 11) is 0. The van der Waals surface area contributed by atoms with Crippen LogP contribution in [-0.2, 0) is 17.1 Å². The molecule has 5 heteroatoms. The van der Waals surface area contributed by atoms with Gasteiger partial charge in [-0.25, -0.2) is 0 Å². The summed E-state index contributed by atoms with van der Waals surface area (Å²) in [5.41, 5.74) is 0. The van der Waals surface area contributed by atoms with Gasteiger partial charge in [-0.05, 0) is 19.9 Å². The van der Waals surface area contributed by atoms with E-state index in [1.807, 2.05) is 6.92 Å². The van der Waals surface area contributed by atoms with E-state index >= 15 is 0 Å². The molecule has 0 fully saturated rings. The van der Waals surface area contributed by atoms with E-state index < -0.39 is 4.46 Å². The summed E-state index contributed by atoms with van der Waals surface area (Å²) in [6.07, 6.45) is 0.991. The minimum Gasteiger partial charge on any atom is -0.285 e. The molecule has 1 atom stereocenters. The van der Waals surface area contributed by atoms with Crippen LogP contribution >= 0.6 is 34.8 Å². The molecule has 1 nitrogen and oxygen atoms in total. The van der Waals surface area contributed by atoms with Gasteiger partial charge in [-0.15, -0.1) is 11.6 Å². The van der Waals surface area contributed by atoms with E-state index in [1.54, 1.807) is 6.92 Å². The van der Waals surface area contributed by atoms with Crippen molar-refractivity contribution in [1.29, 1.82) is 0 Å². The zero-order valence-electron chi connectivity index (χ0n) is 6.48. The molecule has 0 aliphatic rings. The Labute approximate surface area is 93.6 Å². The third-order valence-corrected chi connectivity index (χ3v) is 2.58. The maximum Gasteiger partial charge on any atom is 0.184 e. The molecule has 0 amide bonds. The van der Waals surface area contributed by atoms with Gasteiger partial charge in [0.1, 0.15) is 0 Å². The van der Waals surface area contributed by atoms with Crippen molar-refractivity contribution in [2.75, 3.05) is 6.54 Å². The SMILES string of the molecule is CCCNC(Cl)(Cl)C(C)Cl.[Fe]. The quantitative estimate of drug-likeness (QED) is 0.465. The Morgan fingerprint density at radius 2 is 1.91 bits per heavy atom. The van der Waals surface area contributed by atoms with Crippen LogP contribution in [0, 0.1) is 0 Å². The minimum atomic E-state index is -0.989. The molecule has 11 heavy (non-hydrogen) atoms. The van der Waals surface area contributed by atoms with Crippen LogP contribution in [0.5, 0.6) is 0 Å². The maximum absolute atomic E-state index is 5.77. The summed E-state index contributed by atoms with van der Waals surface area (Å²) in [6, 6.07) is 0. The largest absolute Gasteiger partial charge is 0.285 e. The molecule has 0 aromatic rings. The zero-order chi connectivity index (χ0) is 8.20. The van der Waals surface area contributed by atoms with Gasteiger partial charge in [0.25, 0.3) is 0 Å². The molecule has 0 radical (unpaired) electrons. The van der Waals surface area contributed by atoms with Gasteiger partial charge in [0, 0.05) is 17.1 Å². The van der Waals surface area contributed by atoms with E-state index in [0.717, 1.165) is 13.0 Å². The fourth-order valence-corrected chi connectivity index (χ4v) is 0.698. The Bertz CT molecular complexity index is 97.8. The average Bonchev–Trinajstić information content (AvgIpc) is 1.84. The van der Waals surface area contributed by atoms with Crippen LogP contribution in [0.25, 0.3) is 0 Å². The molecular weight excluding hydrogens is 248 g/mol. The number of hydrogen-bond donors (Lipinski definition) is 1. The Morgan fingerprint density at radius 1 is 1.45 bits per heavy atom. The van der Waals surface area contributed by atoms with Crippen LogP contribution in [0.4, 0.5) is 0 Å². The van der Waals surface area contributed by atoms with Gasteiger partial charge in [-0.3, -0.25) is 5.32 Å². The average molecular weight is 260 g/mol. The smallest absolute Gasteiger partial charge is 0.184 e. The fourth-order valence-electron chi connectivity index (χ4n) is 0.432. The molecule has 0 rings (SSSR count). The third kappa shape index (κ3) is 6.51. The van der Waals surface area contributed by atoms with Gasteiger partial charge in [0.15, 0.2) is 4.46 Å². The third-order valence-electron chi connectivity index (χ3n) is 1.11. The topological polar surface area (TPSA) is 12.0 Å². The molecule has 0 aromatic heterocycles. The van der Waals surface area contributed by atoms with E-state index in [1.165, 1.54) is 0 Å². The van der Waals surface area contributed by atoms with E-state index in [2.05, 4.69) is 5.32 Å². The monoisotopic (exact) mass is 259 g/mol. The van der Waals surface area contributed by atoms with Crippen LogP contribution in [0.1, 0.15) is 20.3 Å². The molecule has 0 saturated heterocycles. The van der Waals surface area contributed by atoms with E-state index in [-0.39, 0.29) is 22.4 Å². The van der Waals surface area contributed by atoms with Gasteiger partial charge < -0.3 is 0 Å². The van der Waals surface area contributed by atoms with Crippen molar-refractivity contribution in [3.05, 3.63) is 0 Å². The Hall–Kier alpha value is 1.35. The molecule has 0 heterocycles. The molecule has 0 spiro atoms. The molecule has 0 aromatic carbocycles. The molecule has 0 saturated carbocycles. The first-order valence-corrected chi connectivity index (χ1v) is 4.47. The van der Waals surface area contributed by atoms with Crippen molar-refractivity contribution in [2.24, 2.45) is 0 Å². The second kappa shape index (κ2) is 6.82. The minimum absolute atomic E-state index is 0. The molecule has 0 aliphatic carbocycles. The standard InChI is InChI=1S/C6H12Cl3N.Fe/c1-3-4-10-6(8,9)5(2)7;/h5,10H,3-4H2,1-2H3;. The van der Waals surface area contributed by atoms with Crippen molar-refractivity contribution in [3.8, 4) is 0 Å².